The highest BCUT2D eigenvalue weighted by Crippen LogP contribution is 2.24. The van der Waals surface area contributed by atoms with Gasteiger partial charge in [0.1, 0.15) is 0 Å². The molecule has 2 aromatic carbocycles. The third kappa shape index (κ3) is 4.83. The van der Waals surface area contributed by atoms with E-state index < -0.39 is 0 Å². The molecule has 112 valence electrons. The first-order valence-corrected chi connectivity index (χ1v) is 8.49. The van der Waals surface area contributed by atoms with Crippen LogP contribution in [0.4, 0.5) is 5.69 Å². The number of hydrogen-bond donors (Lipinski definition) is 2. The average Bonchev–Trinajstić information content (AvgIpc) is 2.40. The van der Waals surface area contributed by atoms with Crippen molar-refractivity contribution in [1.29, 1.82) is 0 Å². The maximum Gasteiger partial charge on any atom is 0.0507 e. The van der Waals surface area contributed by atoms with Gasteiger partial charge in [0.2, 0.25) is 0 Å². The Morgan fingerprint density at radius 3 is 2.29 bits per heavy atom. The topological polar surface area (TPSA) is 38.0 Å². The Bertz CT molecular complexity index is 590. The largest absolute Gasteiger partial charge is 0.378 e. The van der Waals surface area contributed by atoms with E-state index in [4.69, 9.17) is 5.73 Å². The third-order valence-corrected chi connectivity index (χ3v) is 4.43. The van der Waals surface area contributed by atoms with Crippen LogP contribution in [0, 0.1) is 6.92 Å². The van der Waals surface area contributed by atoms with E-state index in [1.54, 1.807) is 0 Å². The molecule has 2 rings (SSSR count). The first-order valence-electron chi connectivity index (χ1n) is 6.90. The molecule has 1 atom stereocenters. The van der Waals surface area contributed by atoms with Gasteiger partial charge in [0.05, 0.1) is 5.54 Å². The van der Waals surface area contributed by atoms with Gasteiger partial charge in [-0.25, -0.2) is 0 Å². The first kappa shape index (κ1) is 16.5. The minimum Gasteiger partial charge on any atom is -0.378 e. The highest BCUT2D eigenvalue weighted by Gasteiger charge is 2.23. The predicted molar refractivity (Wildman–Crippen MR) is 97.8 cm³/mol. The number of hydrogen-bond acceptors (Lipinski definition) is 2. The van der Waals surface area contributed by atoms with Crippen LogP contribution in [-0.4, -0.2) is 12.1 Å². The quantitative estimate of drug-likeness (QED) is 0.734. The van der Waals surface area contributed by atoms with Crippen LogP contribution >= 0.6 is 31.9 Å². The van der Waals surface area contributed by atoms with Gasteiger partial charge in [0.25, 0.3) is 0 Å². The van der Waals surface area contributed by atoms with Crippen LogP contribution in [0.5, 0.6) is 0 Å². The molecule has 1 unspecified atom stereocenters. The lowest BCUT2D eigenvalue weighted by Gasteiger charge is -2.31. The normalized spacial score (nSPS) is 13.8. The molecule has 0 fully saturated rings. The van der Waals surface area contributed by atoms with Crippen LogP contribution < -0.4 is 11.1 Å². The minimum absolute atomic E-state index is 0.180. The zero-order chi connectivity index (χ0) is 15.5. The second-order valence-corrected chi connectivity index (χ2v) is 7.54. The van der Waals surface area contributed by atoms with E-state index in [-0.39, 0.29) is 5.54 Å². The lowest BCUT2D eigenvalue weighted by atomic mass is 9.92. The van der Waals surface area contributed by atoms with E-state index in [1.165, 1.54) is 11.1 Å². The molecule has 0 saturated heterocycles. The van der Waals surface area contributed by atoms with Gasteiger partial charge in [0, 0.05) is 21.2 Å². The molecule has 0 aliphatic heterocycles. The summed E-state index contributed by atoms with van der Waals surface area (Å²) in [6.07, 6.45) is 0.877. The Balaban J connectivity index is 2.18. The molecule has 4 heteroatoms. The Labute approximate surface area is 143 Å². The van der Waals surface area contributed by atoms with Crippen molar-refractivity contribution in [1.82, 2.24) is 0 Å². The molecular weight excluding hydrogens is 392 g/mol. The summed E-state index contributed by atoms with van der Waals surface area (Å²) >= 11 is 7.01. The predicted octanol–water partition coefficient (Wildman–Crippen LogP) is 4.89. The molecule has 0 spiro atoms. The molecule has 3 N–H and O–H groups in total. The van der Waals surface area contributed by atoms with Crippen molar-refractivity contribution in [2.24, 2.45) is 5.73 Å². The molecule has 2 aromatic rings. The van der Waals surface area contributed by atoms with Crippen molar-refractivity contribution in [3.8, 4) is 0 Å². The Kier molecular flexibility index (Phi) is 5.47. The van der Waals surface area contributed by atoms with Crippen molar-refractivity contribution < 1.29 is 0 Å². The molecule has 0 radical (unpaired) electrons. The molecule has 0 aliphatic rings. The van der Waals surface area contributed by atoms with Gasteiger partial charge in [-0.3, -0.25) is 0 Å². The highest BCUT2D eigenvalue weighted by atomic mass is 79.9. The number of nitrogens with two attached hydrogens (primary N) is 1. The van der Waals surface area contributed by atoms with Gasteiger partial charge in [-0.05, 0) is 61.7 Å². The van der Waals surface area contributed by atoms with Gasteiger partial charge < -0.3 is 11.1 Å². The van der Waals surface area contributed by atoms with Crippen LogP contribution in [0.3, 0.4) is 0 Å². The SMILES string of the molecule is Cc1cc(Br)cc(NC(C)(CN)Cc2ccc(Br)cc2)c1. The van der Waals surface area contributed by atoms with Crippen LogP contribution in [0.25, 0.3) is 0 Å². The van der Waals surface area contributed by atoms with Gasteiger partial charge >= 0.3 is 0 Å². The van der Waals surface area contributed by atoms with Crippen LogP contribution in [0.2, 0.25) is 0 Å². The first-order chi connectivity index (χ1) is 9.90. The van der Waals surface area contributed by atoms with E-state index in [2.05, 4.69) is 93.5 Å². The average molecular weight is 412 g/mol. The molecular formula is C17H20Br2N2. The fraction of sp³-hybridized carbons (Fsp3) is 0.294. The molecule has 0 amide bonds. The fourth-order valence-electron chi connectivity index (χ4n) is 2.38. The lowest BCUT2D eigenvalue weighted by Crippen LogP contribution is -2.44. The maximum atomic E-state index is 6.03. The molecule has 0 saturated carbocycles. The second kappa shape index (κ2) is 6.95. The van der Waals surface area contributed by atoms with Crippen molar-refractivity contribution >= 4 is 37.5 Å². The van der Waals surface area contributed by atoms with Crippen LogP contribution in [-0.2, 0) is 6.42 Å². The lowest BCUT2D eigenvalue weighted by molar-refractivity contribution is 0.521. The van der Waals surface area contributed by atoms with Crippen LogP contribution in [0.1, 0.15) is 18.1 Å². The molecule has 2 nitrogen and oxygen atoms in total. The summed E-state index contributed by atoms with van der Waals surface area (Å²) in [5.41, 5.74) is 9.42. The zero-order valence-corrected chi connectivity index (χ0v) is 15.5. The molecule has 0 heterocycles. The number of nitrogens with one attached hydrogen (secondary N) is 1. The van der Waals surface area contributed by atoms with E-state index in [1.807, 2.05) is 0 Å². The monoisotopic (exact) mass is 410 g/mol. The molecule has 0 bridgehead atoms. The van der Waals surface area contributed by atoms with Gasteiger partial charge in [0.15, 0.2) is 0 Å². The summed E-state index contributed by atoms with van der Waals surface area (Å²) in [6.45, 7) is 4.81. The number of benzene rings is 2. The summed E-state index contributed by atoms with van der Waals surface area (Å²) in [7, 11) is 0. The number of rotatable bonds is 5. The van der Waals surface area contributed by atoms with Gasteiger partial charge in [-0.1, -0.05) is 44.0 Å². The number of aryl methyl sites for hydroxylation is 1. The molecule has 0 aliphatic carbocycles. The smallest absolute Gasteiger partial charge is 0.0507 e. The second-order valence-electron chi connectivity index (χ2n) is 5.71. The van der Waals surface area contributed by atoms with Crippen molar-refractivity contribution in [3.05, 3.63) is 62.5 Å². The van der Waals surface area contributed by atoms with Crippen LogP contribution in [0.15, 0.2) is 51.4 Å². The molecule has 0 aromatic heterocycles. The summed E-state index contributed by atoms with van der Waals surface area (Å²) in [5.74, 6) is 0. The van der Waals surface area contributed by atoms with Crippen molar-refractivity contribution in [3.63, 3.8) is 0 Å². The van der Waals surface area contributed by atoms with E-state index in [0.29, 0.717) is 6.54 Å². The molecule has 21 heavy (non-hydrogen) atoms. The Morgan fingerprint density at radius 1 is 1.05 bits per heavy atom. The Morgan fingerprint density at radius 2 is 1.71 bits per heavy atom. The fourth-order valence-corrected chi connectivity index (χ4v) is 3.25. The van der Waals surface area contributed by atoms with Crippen molar-refractivity contribution in [2.75, 3.05) is 11.9 Å². The van der Waals surface area contributed by atoms with Crippen molar-refractivity contribution in [2.45, 2.75) is 25.8 Å². The number of halogens is 2. The summed E-state index contributed by atoms with van der Waals surface area (Å²) in [5, 5.41) is 3.58. The minimum atomic E-state index is -0.180. The maximum absolute atomic E-state index is 6.03. The Hall–Kier alpha value is -0.840. The summed E-state index contributed by atoms with van der Waals surface area (Å²) < 4.78 is 2.17. The van der Waals surface area contributed by atoms with E-state index >= 15 is 0 Å². The van der Waals surface area contributed by atoms with E-state index in [0.717, 1.165) is 21.1 Å². The zero-order valence-electron chi connectivity index (χ0n) is 12.3. The number of anilines is 1. The highest BCUT2D eigenvalue weighted by molar-refractivity contribution is 9.10. The van der Waals surface area contributed by atoms with Gasteiger partial charge in [-0.15, -0.1) is 0 Å². The van der Waals surface area contributed by atoms with E-state index in [9.17, 15) is 0 Å². The standard InChI is InChI=1S/C17H20Br2N2/c1-12-7-15(19)9-16(8-12)21-17(2,11-20)10-13-3-5-14(18)6-4-13/h3-9,21H,10-11,20H2,1-2H3. The van der Waals surface area contributed by atoms with Gasteiger partial charge in [-0.2, -0.15) is 0 Å². The summed E-state index contributed by atoms with van der Waals surface area (Å²) in [6, 6.07) is 14.7. The summed E-state index contributed by atoms with van der Waals surface area (Å²) in [4.78, 5) is 0. The third-order valence-electron chi connectivity index (χ3n) is 3.45.